The smallest absolute Gasteiger partial charge is 0.411 e. The molecule has 2 aliphatic carbocycles. The van der Waals surface area contributed by atoms with E-state index in [1.807, 2.05) is 32.0 Å². The Labute approximate surface area is 264 Å². The first kappa shape index (κ1) is 32.9. The molecular formula is C32H43N3O9S. The minimum atomic E-state index is -4.36. The van der Waals surface area contributed by atoms with Crippen LogP contribution in [0.15, 0.2) is 30.5 Å². The average Bonchev–Trinajstić information content (AvgIpc) is 3.85. The number of rotatable bonds is 12. The second-order valence-electron chi connectivity index (χ2n) is 13.4. The van der Waals surface area contributed by atoms with E-state index < -0.39 is 51.1 Å². The molecule has 4 atom stereocenters. The van der Waals surface area contributed by atoms with Gasteiger partial charge in [0.2, 0.25) is 11.8 Å². The van der Waals surface area contributed by atoms with E-state index in [4.69, 9.17) is 18.4 Å². The summed E-state index contributed by atoms with van der Waals surface area (Å²) < 4.78 is 50.2. The van der Waals surface area contributed by atoms with E-state index in [0.29, 0.717) is 43.7 Å². The van der Waals surface area contributed by atoms with E-state index in [2.05, 4.69) is 9.71 Å². The monoisotopic (exact) mass is 645 g/mol. The number of carbonyl (C=O) groups excluding carboxylic acids is 3. The maximum Gasteiger partial charge on any atom is 0.411 e. The molecular weight excluding hydrogens is 602 g/mol. The Morgan fingerprint density at radius 3 is 2.47 bits per heavy atom. The number of ether oxygens (including phenoxy) is 3. The Bertz CT molecular complexity index is 1580. The second-order valence-corrected chi connectivity index (χ2v) is 14.7. The number of benzene rings is 1. The van der Waals surface area contributed by atoms with Crippen LogP contribution in [-0.4, -0.2) is 73.1 Å². The SMILES string of the molecule is CC[C@@H]1C[C@]1(CC(=O)[C@@H]1C[C@@H](Oc2nccc3cc(OC)ccc23)CN1C(=O)OC(C)(C)C)C(=O)NS(=O)(=O)OC1(CC)CC1. The number of aromatic nitrogens is 1. The Balaban J connectivity index is 1.35. The van der Waals surface area contributed by atoms with Gasteiger partial charge >= 0.3 is 16.4 Å². The van der Waals surface area contributed by atoms with Gasteiger partial charge in [0.25, 0.3) is 0 Å². The van der Waals surface area contributed by atoms with Gasteiger partial charge in [-0.1, -0.05) is 20.3 Å². The third-order valence-corrected chi connectivity index (χ3v) is 10.1. The molecule has 246 valence electrons. The van der Waals surface area contributed by atoms with Crippen LogP contribution in [0.4, 0.5) is 4.79 Å². The van der Waals surface area contributed by atoms with Crippen LogP contribution in [0.3, 0.4) is 0 Å². The Hall–Kier alpha value is -3.45. The molecule has 45 heavy (non-hydrogen) atoms. The third kappa shape index (κ3) is 7.19. The predicted octanol–water partition coefficient (Wildman–Crippen LogP) is 4.70. The number of ketones is 1. The van der Waals surface area contributed by atoms with Gasteiger partial charge in [-0.25, -0.2) is 18.7 Å². The second kappa shape index (κ2) is 12.1. The zero-order valence-corrected chi connectivity index (χ0v) is 27.6. The summed E-state index contributed by atoms with van der Waals surface area (Å²) in [6.07, 6.45) is 2.95. The summed E-state index contributed by atoms with van der Waals surface area (Å²) >= 11 is 0. The first-order chi connectivity index (χ1) is 21.1. The van der Waals surface area contributed by atoms with Crippen LogP contribution in [-0.2, 0) is 28.8 Å². The predicted molar refractivity (Wildman–Crippen MR) is 165 cm³/mol. The summed E-state index contributed by atoms with van der Waals surface area (Å²) in [5.41, 5.74) is -2.78. The van der Waals surface area contributed by atoms with Gasteiger partial charge in [0, 0.05) is 24.4 Å². The summed E-state index contributed by atoms with van der Waals surface area (Å²) in [4.78, 5) is 46.5. The lowest BCUT2D eigenvalue weighted by atomic mass is 9.91. The highest BCUT2D eigenvalue weighted by atomic mass is 32.2. The molecule has 0 unspecified atom stereocenters. The highest BCUT2D eigenvalue weighted by Gasteiger charge is 2.61. The molecule has 13 heteroatoms. The van der Waals surface area contributed by atoms with Crippen LogP contribution in [0.1, 0.15) is 79.6 Å². The number of Topliss-reactive ketones (excluding diaryl/α,β-unsaturated/α-hetero) is 1. The normalized spacial score (nSPS) is 25.5. The van der Waals surface area contributed by atoms with Crippen LogP contribution in [0, 0.1) is 11.3 Å². The molecule has 1 aliphatic heterocycles. The van der Waals surface area contributed by atoms with Gasteiger partial charge in [-0.05, 0) is 82.0 Å². The van der Waals surface area contributed by atoms with E-state index >= 15 is 0 Å². The van der Waals surface area contributed by atoms with Crippen molar-refractivity contribution in [3.63, 3.8) is 0 Å². The zero-order chi connectivity index (χ0) is 32.8. The van der Waals surface area contributed by atoms with Crippen LogP contribution < -0.4 is 14.2 Å². The number of nitrogens with zero attached hydrogens (tertiary/aromatic N) is 2. The van der Waals surface area contributed by atoms with Gasteiger partial charge in [-0.15, -0.1) is 0 Å². The maximum atomic E-state index is 14.0. The number of carbonyl (C=O) groups is 3. The van der Waals surface area contributed by atoms with Crippen molar-refractivity contribution in [2.24, 2.45) is 11.3 Å². The molecule has 12 nitrogen and oxygen atoms in total. The summed E-state index contributed by atoms with van der Waals surface area (Å²) in [7, 11) is -2.77. The average molecular weight is 646 g/mol. The summed E-state index contributed by atoms with van der Waals surface area (Å²) in [6.45, 7) is 9.01. The number of nitrogens with one attached hydrogen (secondary N) is 1. The number of hydrogen-bond acceptors (Lipinski definition) is 10. The quantitative estimate of drug-likeness (QED) is 0.344. The van der Waals surface area contributed by atoms with Crippen molar-refractivity contribution in [3.05, 3.63) is 30.5 Å². The number of hydrogen-bond donors (Lipinski definition) is 1. The fraction of sp³-hybridized carbons (Fsp3) is 0.625. The van der Waals surface area contributed by atoms with Gasteiger partial charge in [-0.3, -0.25) is 14.5 Å². The largest absolute Gasteiger partial charge is 0.497 e. The number of fused-ring (bicyclic) bond motifs is 1. The lowest BCUT2D eigenvalue weighted by Crippen LogP contribution is -2.46. The fourth-order valence-corrected chi connectivity index (χ4v) is 7.46. The molecule has 1 saturated heterocycles. The van der Waals surface area contributed by atoms with Crippen molar-refractivity contribution in [2.45, 2.75) is 103 Å². The summed E-state index contributed by atoms with van der Waals surface area (Å²) in [6, 6.07) is 6.39. The molecule has 5 rings (SSSR count). The van der Waals surface area contributed by atoms with Gasteiger partial charge in [0.05, 0.1) is 30.7 Å². The number of amides is 2. The lowest BCUT2D eigenvalue weighted by molar-refractivity contribution is -0.132. The van der Waals surface area contributed by atoms with Gasteiger partial charge in [0.1, 0.15) is 17.5 Å². The van der Waals surface area contributed by atoms with E-state index in [1.54, 1.807) is 40.1 Å². The molecule has 0 radical (unpaired) electrons. The Morgan fingerprint density at radius 1 is 1.13 bits per heavy atom. The van der Waals surface area contributed by atoms with Crippen molar-refractivity contribution in [1.29, 1.82) is 0 Å². The first-order valence-electron chi connectivity index (χ1n) is 15.5. The van der Waals surface area contributed by atoms with Gasteiger partial charge in [-0.2, -0.15) is 8.42 Å². The Kier molecular flexibility index (Phi) is 8.82. The molecule has 2 amide bonds. The summed E-state index contributed by atoms with van der Waals surface area (Å²) in [5.74, 6) is -0.258. The fourth-order valence-electron chi connectivity index (χ4n) is 6.24. The number of pyridine rings is 1. The van der Waals surface area contributed by atoms with Gasteiger partial charge < -0.3 is 14.2 Å². The minimum Gasteiger partial charge on any atom is -0.497 e. The zero-order valence-electron chi connectivity index (χ0n) is 26.8. The topological polar surface area (TPSA) is 150 Å². The van der Waals surface area contributed by atoms with Crippen molar-refractivity contribution in [3.8, 4) is 11.6 Å². The van der Waals surface area contributed by atoms with E-state index in [1.165, 1.54) is 4.90 Å². The standard InChI is InChI=1S/C32H43N3O9S/c1-7-21-17-32(21,28(37)34-45(39,40)44-31(8-2)12-13-31)18-26(36)25-16-23(19-35(25)29(38)43-30(3,4)5)42-27-24-10-9-22(41-6)15-20(24)11-14-33-27/h9-11,14-15,21,23,25H,7-8,12-13,16-19H2,1-6H3,(H,34,37)/t21-,23-,25+,32-/m1/s1. The van der Waals surface area contributed by atoms with Crippen LogP contribution in [0.5, 0.6) is 11.6 Å². The molecule has 3 aliphatic rings. The minimum absolute atomic E-state index is 0.0667. The van der Waals surface area contributed by atoms with Crippen LogP contribution >= 0.6 is 0 Å². The molecule has 2 saturated carbocycles. The highest BCUT2D eigenvalue weighted by Crippen LogP contribution is 2.58. The molecule has 2 heterocycles. The molecule has 0 bridgehead atoms. The highest BCUT2D eigenvalue weighted by molar-refractivity contribution is 7.85. The molecule has 0 spiro atoms. The van der Waals surface area contributed by atoms with Crippen molar-refractivity contribution >= 4 is 38.9 Å². The number of likely N-dealkylation sites (tertiary alicyclic amines) is 1. The van der Waals surface area contributed by atoms with Crippen molar-refractivity contribution in [1.82, 2.24) is 14.6 Å². The van der Waals surface area contributed by atoms with Gasteiger partial charge in [0.15, 0.2) is 5.78 Å². The molecule has 1 N–H and O–H groups in total. The van der Waals surface area contributed by atoms with Crippen molar-refractivity contribution in [2.75, 3.05) is 13.7 Å². The lowest BCUT2D eigenvalue weighted by Gasteiger charge is -2.28. The van der Waals surface area contributed by atoms with Crippen LogP contribution in [0.2, 0.25) is 0 Å². The first-order valence-corrected chi connectivity index (χ1v) is 16.9. The number of methoxy groups -OCH3 is 1. The van der Waals surface area contributed by atoms with E-state index in [0.717, 1.165) is 10.8 Å². The van der Waals surface area contributed by atoms with E-state index in [9.17, 15) is 22.8 Å². The van der Waals surface area contributed by atoms with Crippen molar-refractivity contribution < 1.29 is 41.2 Å². The molecule has 1 aromatic carbocycles. The molecule has 3 fully saturated rings. The van der Waals surface area contributed by atoms with E-state index in [-0.39, 0.29) is 31.1 Å². The third-order valence-electron chi connectivity index (χ3n) is 9.10. The summed E-state index contributed by atoms with van der Waals surface area (Å²) in [5, 5.41) is 1.60. The molecule has 1 aromatic heterocycles. The molecule has 2 aromatic rings. The van der Waals surface area contributed by atoms with Crippen LogP contribution in [0.25, 0.3) is 10.8 Å². The Morgan fingerprint density at radius 2 is 1.87 bits per heavy atom. The maximum absolute atomic E-state index is 14.0.